The van der Waals surface area contributed by atoms with Crippen LogP contribution in [0.5, 0.6) is 0 Å². The molecule has 2 rings (SSSR count). The minimum Gasteiger partial charge on any atom is -0.444 e. The number of rotatable bonds is 5. The molecule has 0 aromatic rings. The second kappa shape index (κ2) is 10.1. The molecular weight excluding hydrogens is 346 g/mol. The lowest BCUT2D eigenvalue weighted by Gasteiger charge is -2.30. The minimum atomic E-state index is -0.476. The summed E-state index contributed by atoms with van der Waals surface area (Å²) in [5.74, 6) is 1.43. The fourth-order valence-corrected chi connectivity index (χ4v) is 3.43. The van der Waals surface area contributed by atoms with Crippen LogP contribution >= 0.6 is 0 Å². The molecule has 8 nitrogen and oxygen atoms in total. The smallest absolute Gasteiger partial charge is 0.407 e. The summed E-state index contributed by atoms with van der Waals surface area (Å²) in [5.41, 5.74) is -0.476. The summed E-state index contributed by atoms with van der Waals surface area (Å²) >= 11 is 0. The van der Waals surface area contributed by atoms with Crippen LogP contribution in [0.3, 0.4) is 0 Å². The number of hydrogen-bond acceptors (Lipinski definition) is 5. The van der Waals surface area contributed by atoms with E-state index in [1.165, 1.54) is 0 Å². The van der Waals surface area contributed by atoms with Crippen LogP contribution in [0.4, 0.5) is 4.79 Å². The Morgan fingerprint density at radius 3 is 2.63 bits per heavy atom. The lowest BCUT2D eigenvalue weighted by Crippen LogP contribution is -2.46. The third-order valence-corrected chi connectivity index (χ3v) is 4.70. The van der Waals surface area contributed by atoms with Crippen LogP contribution in [0.25, 0.3) is 0 Å². The molecule has 2 fully saturated rings. The first-order valence-corrected chi connectivity index (χ1v) is 10.0. The van der Waals surface area contributed by atoms with E-state index < -0.39 is 5.60 Å². The third-order valence-electron chi connectivity index (χ3n) is 4.70. The fourth-order valence-electron chi connectivity index (χ4n) is 3.43. The van der Waals surface area contributed by atoms with Gasteiger partial charge in [-0.15, -0.1) is 0 Å². The number of carbonyl (C=O) groups excluding carboxylic acids is 1. The Labute approximate surface area is 163 Å². The third kappa shape index (κ3) is 7.92. The summed E-state index contributed by atoms with van der Waals surface area (Å²) in [6.45, 7) is 15.1. The molecule has 2 atom stereocenters. The second-order valence-corrected chi connectivity index (χ2v) is 8.52. The lowest BCUT2D eigenvalue weighted by atomic mass is 10.1. The van der Waals surface area contributed by atoms with E-state index in [4.69, 9.17) is 9.47 Å². The predicted molar refractivity (Wildman–Crippen MR) is 107 cm³/mol. The number of guanidine groups is 1. The minimum absolute atomic E-state index is 0.0872. The molecule has 2 saturated heterocycles. The topological polar surface area (TPSA) is 78.4 Å². The van der Waals surface area contributed by atoms with Gasteiger partial charge in [0.05, 0.1) is 19.3 Å². The molecule has 156 valence electrons. The molecule has 0 aromatic heterocycles. The highest BCUT2D eigenvalue weighted by atomic mass is 16.6. The molecule has 2 heterocycles. The molecule has 2 N–H and O–H groups in total. The maximum Gasteiger partial charge on any atom is 0.407 e. The molecule has 1 amide bonds. The summed E-state index contributed by atoms with van der Waals surface area (Å²) < 4.78 is 10.8. The van der Waals surface area contributed by atoms with Gasteiger partial charge in [-0.05, 0) is 33.1 Å². The van der Waals surface area contributed by atoms with Gasteiger partial charge in [0.1, 0.15) is 5.60 Å². The number of carbonyl (C=O) groups is 1. The van der Waals surface area contributed by atoms with Gasteiger partial charge in [0.2, 0.25) is 0 Å². The normalized spacial score (nSPS) is 23.2. The van der Waals surface area contributed by atoms with Gasteiger partial charge in [0.15, 0.2) is 5.96 Å². The zero-order valence-electron chi connectivity index (χ0n) is 17.6. The number of amides is 1. The number of hydrogen-bond donors (Lipinski definition) is 2. The fraction of sp³-hybridized carbons (Fsp3) is 0.895. The monoisotopic (exact) mass is 383 g/mol. The van der Waals surface area contributed by atoms with E-state index in [0.29, 0.717) is 5.92 Å². The van der Waals surface area contributed by atoms with E-state index in [1.54, 1.807) is 0 Å². The van der Waals surface area contributed by atoms with Crippen molar-refractivity contribution in [2.75, 3.05) is 59.5 Å². The highest BCUT2D eigenvalue weighted by molar-refractivity contribution is 5.80. The quantitative estimate of drug-likeness (QED) is 0.547. The number of nitrogens with one attached hydrogen (secondary N) is 2. The summed E-state index contributed by atoms with van der Waals surface area (Å²) in [7, 11) is 1.81. The van der Waals surface area contributed by atoms with Crippen molar-refractivity contribution in [3.8, 4) is 0 Å². The van der Waals surface area contributed by atoms with Crippen molar-refractivity contribution in [3.05, 3.63) is 0 Å². The van der Waals surface area contributed by atoms with Crippen LogP contribution in [-0.2, 0) is 9.47 Å². The Kier molecular flexibility index (Phi) is 8.16. The molecule has 2 aliphatic rings. The molecule has 2 unspecified atom stereocenters. The maximum absolute atomic E-state index is 12.0. The second-order valence-electron chi connectivity index (χ2n) is 8.52. The van der Waals surface area contributed by atoms with Crippen molar-refractivity contribution in [3.63, 3.8) is 0 Å². The predicted octanol–water partition coefficient (Wildman–Crippen LogP) is 1.13. The molecule has 0 saturated carbocycles. The number of likely N-dealkylation sites (tertiary alicyclic amines) is 1. The van der Waals surface area contributed by atoms with Crippen molar-refractivity contribution in [2.45, 2.75) is 45.8 Å². The number of aliphatic imine (C=N–C) groups is 1. The van der Waals surface area contributed by atoms with E-state index in [0.717, 1.165) is 64.9 Å². The first-order chi connectivity index (χ1) is 12.8. The number of ether oxygens (including phenoxy) is 2. The Hall–Kier alpha value is -1.54. The highest BCUT2D eigenvalue weighted by Gasteiger charge is 2.28. The first-order valence-electron chi connectivity index (χ1n) is 10.0. The van der Waals surface area contributed by atoms with E-state index in [-0.39, 0.29) is 12.1 Å². The first kappa shape index (κ1) is 21.8. The number of nitrogens with zero attached hydrogens (tertiary/aromatic N) is 3. The highest BCUT2D eigenvalue weighted by Crippen LogP contribution is 2.12. The zero-order valence-corrected chi connectivity index (χ0v) is 17.6. The van der Waals surface area contributed by atoms with Crippen molar-refractivity contribution < 1.29 is 14.3 Å². The summed E-state index contributed by atoms with van der Waals surface area (Å²) in [6, 6.07) is 0.0872. The molecule has 0 radical (unpaired) electrons. The standard InChI is InChI=1S/C19H37N5O3/c1-15(13-23-8-10-26-11-9-23)12-21-17(20-5)24-7-6-16(14-24)22-18(25)27-19(2,3)4/h15-16H,6-14H2,1-5H3,(H,20,21)(H,22,25). The maximum atomic E-state index is 12.0. The molecular formula is C19H37N5O3. The number of morpholine rings is 1. The summed E-state index contributed by atoms with van der Waals surface area (Å²) in [4.78, 5) is 21.0. The van der Waals surface area contributed by atoms with Crippen LogP contribution < -0.4 is 10.6 Å². The van der Waals surface area contributed by atoms with Gasteiger partial charge in [0.25, 0.3) is 0 Å². The summed E-state index contributed by atoms with van der Waals surface area (Å²) in [5, 5.41) is 6.45. The Morgan fingerprint density at radius 2 is 2.00 bits per heavy atom. The van der Waals surface area contributed by atoms with Crippen molar-refractivity contribution in [2.24, 2.45) is 10.9 Å². The summed E-state index contributed by atoms with van der Waals surface area (Å²) in [6.07, 6.45) is 0.542. The Bertz CT molecular complexity index is 500. The van der Waals surface area contributed by atoms with Crippen molar-refractivity contribution in [1.82, 2.24) is 20.4 Å². The SMILES string of the molecule is CN=C(NCC(C)CN1CCOCC1)N1CCC(NC(=O)OC(C)(C)C)C1. The van der Waals surface area contributed by atoms with Crippen LogP contribution in [0.1, 0.15) is 34.1 Å². The number of alkyl carbamates (subject to hydrolysis) is 1. The average Bonchev–Trinajstić information content (AvgIpc) is 3.02. The van der Waals surface area contributed by atoms with E-state index in [2.05, 4.69) is 32.3 Å². The van der Waals surface area contributed by atoms with Gasteiger partial charge in [-0.3, -0.25) is 9.89 Å². The van der Waals surface area contributed by atoms with Gasteiger partial charge in [-0.1, -0.05) is 6.92 Å². The Morgan fingerprint density at radius 1 is 1.30 bits per heavy atom. The van der Waals surface area contributed by atoms with Gasteiger partial charge < -0.3 is 25.0 Å². The Balaban J connectivity index is 1.71. The van der Waals surface area contributed by atoms with E-state index in [9.17, 15) is 4.79 Å². The van der Waals surface area contributed by atoms with Gasteiger partial charge in [-0.25, -0.2) is 4.79 Å². The molecule has 2 aliphatic heterocycles. The largest absolute Gasteiger partial charge is 0.444 e. The van der Waals surface area contributed by atoms with Crippen molar-refractivity contribution >= 4 is 12.1 Å². The zero-order chi connectivity index (χ0) is 19.9. The van der Waals surface area contributed by atoms with Gasteiger partial charge >= 0.3 is 6.09 Å². The van der Waals surface area contributed by atoms with Crippen molar-refractivity contribution in [1.29, 1.82) is 0 Å². The molecule has 0 spiro atoms. The lowest BCUT2D eigenvalue weighted by molar-refractivity contribution is 0.0320. The van der Waals surface area contributed by atoms with Crippen LogP contribution in [0.2, 0.25) is 0 Å². The molecule has 0 aliphatic carbocycles. The van der Waals surface area contributed by atoms with Crippen LogP contribution in [-0.4, -0.2) is 93.0 Å². The van der Waals surface area contributed by atoms with E-state index >= 15 is 0 Å². The van der Waals surface area contributed by atoms with Crippen LogP contribution in [0, 0.1) is 5.92 Å². The van der Waals surface area contributed by atoms with Gasteiger partial charge in [-0.2, -0.15) is 0 Å². The van der Waals surface area contributed by atoms with E-state index in [1.807, 2.05) is 27.8 Å². The average molecular weight is 384 g/mol. The van der Waals surface area contributed by atoms with Gasteiger partial charge in [0, 0.05) is 46.3 Å². The van der Waals surface area contributed by atoms with Crippen LogP contribution in [0.15, 0.2) is 4.99 Å². The molecule has 0 aromatic carbocycles. The molecule has 8 heteroatoms. The molecule has 27 heavy (non-hydrogen) atoms. The molecule has 0 bridgehead atoms.